The first-order valence-corrected chi connectivity index (χ1v) is 7.46. The molecule has 5 nitrogen and oxygen atoms in total. The van der Waals surface area contributed by atoms with E-state index < -0.39 is 0 Å². The summed E-state index contributed by atoms with van der Waals surface area (Å²) in [4.78, 5) is 14.0. The second-order valence-corrected chi connectivity index (χ2v) is 5.49. The molecule has 0 aliphatic carbocycles. The zero-order chi connectivity index (χ0) is 16.1. The first-order valence-electron chi connectivity index (χ1n) is 7.46. The summed E-state index contributed by atoms with van der Waals surface area (Å²) >= 11 is 0. The van der Waals surface area contributed by atoms with Crippen molar-refractivity contribution in [1.29, 1.82) is 5.26 Å². The minimum absolute atomic E-state index is 0.166. The van der Waals surface area contributed by atoms with Gasteiger partial charge in [-0.1, -0.05) is 6.08 Å². The maximum atomic E-state index is 11.9. The predicted octanol–water partition coefficient (Wildman–Crippen LogP) is 2.42. The zero-order valence-electron chi connectivity index (χ0n) is 13.0. The van der Waals surface area contributed by atoms with E-state index in [1.54, 1.807) is 19.1 Å². The number of hydrogen-bond donors (Lipinski definition) is 2. The first kappa shape index (κ1) is 16.1. The molecule has 1 aromatic carbocycles. The number of hydrogen-bond acceptors (Lipinski definition) is 4. The Kier molecular flexibility index (Phi) is 5.18. The zero-order valence-corrected chi connectivity index (χ0v) is 13.0. The van der Waals surface area contributed by atoms with Crippen LogP contribution in [0.1, 0.15) is 32.3 Å². The largest absolute Gasteiger partial charge is 0.393 e. The van der Waals surface area contributed by atoms with Crippen molar-refractivity contribution >= 4 is 17.3 Å². The number of aliphatic hydroxyl groups is 1. The van der Waals surface area contributed by atoms with Crippen molar-refractivity contribution in [3.63, 3.8) is 0 Å². The van der Waals surface area contributed by atoms with Crippen molar-refractivity contribution in [2.45, 2.75) is 32.8 Å². The molecule has 22 heavy (non-hydrogen) atoms. The molecule has 1 aliphatic heterocycles. The van der Waals surface area contributed by atoms with Gasteiger partial charge in [-0.2, -0.15) is 5.26 Å². The van der Waals surface area contributed by atoms with Crippen LogP contribution in [0, 0.1) is 11.3 Å². The summed E-state index contributed by atoms with van der Waals surface area (Å²) in [6, 6.07) is 7.55. The fourth-order valence-electron chi connectivity index (χ4n) is 2.45. The summed E-state index contributed by atoms with van der Waals surface area (Å²) in [5.41, 5.74) is 2.64. The van der Waals surface area contributed by atoms with E-state index in [9.17, 15) is 15.2 Å². The molecular weight excluding hydrogens is 278 g/mol. The molecule has 1 heterocycles. The molecule has 1 saturated heterocycles. The molecule has 1 fully saturated rings. The van der Waals surface area contributed by atoms with Crippen LogP contribution in [0.25, 0.3) is 0 Å². The number of carbonyl (C=O) groups excluding carboxylic acids is 1. The molecule has 0 spiro atoms. The van der Waals surface area contributed by atoms with Crippen molar-refractivity contribution in [2.75, 3.05) is 23.3 Å². The summed E-state index contributed by atoms with van der Waals surface area (Å²) in [6.07, 6.45) is 2.92. The number of nitriles is 1. The average Bonchev–Trinajstić information content (AvgIpc) is 2.54. The van der Waals surface area contributed by atoms with Crippen LogP contribution in [-0.2, 0) is 4.79 Å². The van der Waals surface area contributed by atoms with Gasteiger partial charge in [0.1, 0.15) is 6.07 Å². The Balaban J connectivity index is 2.18. The Bertz CT molecular complexity index is 623. The quantitative estimate of drug-likeness (QED) is 0.840. The van der Waals surface area contributed by atoms with Gasteiger partial charge in [0.2, 0.25) is 0 Å². The van der Waals surface area contributed by atoms with Crippen LogP contribution in [-0.4, -0.2) is 30.2 Å². The molecule has 0 saturated carbocycles. The maximum Gasteiger partial charge on any atom is 0.250 e. The van der Waals surface area contributed by atoms with Crippen molar-refractivity contribution in [3.8, 4) is 6.07 Å². The van der Waals surface area contributed by atoms with Crippen LogP contribution < -0.4 is 10.2 Å². The fraction of sp³-hybridized carbons (Fsp3) is 0.412. The third-order valence-electron chi connectivity index (χ3n) is 3.97. The number of nitrogens with zero attached hydrogens (tertiary/aromatic N) is 2. The summed E-state index contributed by atoms with van der Waals surface area (Å²) in [5, 5.41) is 21.7. The van der Waals surface area contributed by atoms with Gasteiger partial charge in [-0.3, -0.25) is 4.79 Å². The third-order valence-corrected chi connectivity index (χ3v) is 3.97. The van der Waals surface area contributed by atoms with Crippen LogP contribution in [0.2, 0.25) is 0 Å². The highest BCUT2D eigenvalue weighted by molar-refractivity contribution is 6.03. The number of nitrogens with one attached hydrogen (secondary N) is 1. The highest BCUT2D eigenvalue weighted by atomic mass is 16.3. The van der Waals surface area contributed by atoms with Gasteiger partial charge in [0, 0.05) is 24.4 Å². The Morgan fingerprint density at radius 1 is 1.45 bits per heavy atom. The second-order valence-electron chi connectivity index (χ2n) is 5.49. The lowest BCUT2D eigenvalue weighted by Crippen LogP contribution is -2.36. The third kappa shape index (κ3) is 3.66. The average molecular weight is 299 g/mol. The Morgan fingerprint density at radius 3 is 2.73 bits per heavy atom. The molecule has 1 aromatic rings. The van der Waals surface area contributed by atoms with Gasteiger partial charge in [-0.15, -0.1) is 0 Å². The molecule has 2 rings (SSSR count). The molecule has 0 aromatic heterocycles. The van der Waals surface area contributed by atoms with Gasteiger partial charge >= 0.3 is 0 Å². The molecular formula is C17H21N3O2. The number of piperidine rings is 1. The van der Waals surface area contributed by atoms with E-state index >= 15 is 0 Å². The number of carbonyl (C=O) groups is 1. The highest BCUT2D eigenvalue weighted by Crippen LogP contribution is 2.26. The lowest BCUT2D eigenvalue weighted by Gasteiger charge is -2.32. The van der Waals surface area contributed by atoms with E-state index in [1.165, 1.54) is 0 Å². The van der Waals surface area contributed by atoms with Crippen LogP contribution >= 0.6 is 0 Å². The Hall–Kier alpha value is -2.32. The summed E-state index contributed by atoms with van der Waals surface area (Å²) in [7, 11) is 0. The van der Waals surface area contributed by atoms with E-state index in [0.717, 1.165) is 18.8 Å². The SMILES string of the molecule is C/C=C(/C)C(=O)Nc1ccc(N2CCC(O)CC2)c(C#N)c1. The van der Waals surface area contributed by atoms with Crippen molar-refractivity contribution < 1.29 is 9.90 Å². The molecule has 1 aliphatic rings. The van der Waals surface area contributed by atoms with Crippen LogP contribution in [0.15, 0.2) is 29.8 Å². The van der Waals surface area contributed by atoms with E-state index in [-0.39, 0.29) is 12.0 Å². The maximum absolute atomic E-state index is 11.9. The van der Waals surface area contributed by atoms with E-state index in [4.69, 9.17) is 0 Å². The number of allylic oxidation sites excluding steroid dienone is 1. The molecule has 5 heteroatoms. The number of rotatable bonds is 3. The minimum Gasteiger partial charge on any atom is -0.393 e. The van der Waals surface area contributed by atoms with Crippen LogP contribution in [0.4, 0.5) is 11.4 Å². The summed E-state index contributed by atoms with van der Waals surface area (Å²) in [5.74, 6) is -0.166. The molecule has 0 bridgehead atoms. The monoisotopic (exact) mass is 299 g/mol. The Morgan fingerprint density at radius 2 is 2.14 bits per heavy atom. The lowest BCUT2D eigenvalue weighted by molar-refractivity contribution is -0.112. The van der Waals surface area contributed by atoms with Crippen molar-refractivity contribution in [2.24, 2.45) is 0 Å². The Labute approximate surface area is 130 Å². The molecule has 0 atom stereocenters. The predicted molar refractivity (Wildman–Crippen MR) is 86.7 cm³/mol. The number of anilines is 2. The fourth-order valence-corrected chi connectivity index (χ4v) is 2.45. The van der Waals surface area contributed by atoms with Gasteiger partial charge in [0.05, 0.1) is 17.4 Å². The van der Waals surface area contributed by atoms with Gasteiger partial charge in [-0.05, 0) is 44.9 Å². The van der Waals surface area contributed by atoms with Gasteiger partial charge in [-0.25, -0.2) is 0 Å². The van der Waals surface area contributed by atoms with Gasteiger partial charge in [0.25, 0.3) is 5.91 Å². The van der Waals surface area contributed by atoms with E-state index in [0.29, 0.717) is 29.7 Å². The van der Waals surface area contributed by atoms with E-state index in [2.05, 4.69) is 16.3 Å². The molecule has 116 valence electrons. The van der Waals surface area contributed by atoms with Crippen molar-refractivity contribution in [1.82, 2.24) is 0 Å². The lowest BCUT2D eigenvalue weighted by atomic mass is 10.0. The van der Waals surface area contributed by atoms with Crippen LogP contribution in [0.3, 0.4) is 0 Å². The summed E-state index contributed by atoms with van der Waals surface area (Å²) < 4.78 is 0. The van der Waals surface area contributed by atoms with Gasteiger partial charge in [0.15, 0.2) is 0 Å². The summed E-state index contributed by atoms with van der Waals surface area (Å²) in [6.45, 7) is 5.02. The minimum atomic E-state index is -0.246. The number of benzene rings is 1. The highest BCUT2D eigenvalue weighted by Gasteiger charge is 2.19. The molecule has 2 N–H and O–H groups in total. The molecule has 0 radical (unpaired) electrons. The smallest absolute Gasteiger partial charge is 0.250 e. The number of aliphatic hydroxyl groups excluding tert-OH is 1. The first-order chi connectivity index (χ1) is 10.5. The normalized spacial score (nSPS) is 16.3. The standard InChI is InChI=1S/C17H21N3O2/c1-3-12(2)17(22)19-14-4-5-16(13(10-14)11-18)20-8-6-15(21)7-9-20/h3-5,10,15,21H,6-9H2,1-2H3,(H,19,22)/b12-3-. The van der Waals surface area contributed by atoms with Gasteiger partial charge < -0.3 is 15.3 Å². The molecule has 0 unspecified atom stereocenters. The number of amides is 1. The topological polar surface area (TPSA) is 76.4 Å². The molecule has 1 amide bonds. The van der Waals surface area contributed by atoms with Crippen molar-refractivity contribution in [3.05, 3.63) is 35.4 Å². The van der Waals surface area contributed by atoms with Crippen LogP contribution in [0.5, 0.6) is 0 Å². The second kappa shape index (κ2) is 7.10. The van der Waals surface area contributed by atoms with E-state index in [1.807, 2.05) is 19.1 Å².